The van der Waals surface area contributed by atoms with E-state index in [0.717, 1.165) is 38.6 Å². The first kappa shape index (κ1) is 27.8. The average Bonchev–Trinajstić information content (AvgIpc) is 3.07. The highest BCUT2D eigenvalue weighted by Gasteiger charge is 2.29. The Morgan fingerprint density at radius 1 is 0.429 bits per heavy atom. The van der Waals surface area contributed by atoms with Gasteiger partial charge in [0.15, 0.2) is 14.7 Å². The van der Waals surface area contributed by atoms with Gasteiger partial charge in [0.25, 0.3) is 0 Å². The molecule has 0 heterocycles. The lowest BCUT2D eigenvalue weighted by Crippen LogP contribution is -2.05. The number of methoxy groups -OCH3 is 2. The van der Waals surface area contributed by atoms with E-state index in [9.17, 15) is 0 Å². The maximum absolute atomic E-state index is 5.89. The van der Waals surface area contributed by atoms with Crippen LogP contribution < -0.4 is 9.47 Å². The lowest BCUT2D eigenvalue weighted by Gasteiger charge is -2.13. The van der Waals surface area contributed by atoms with Crippen molar-refractivity contribution in [2.75, 3.05) is 14.2 Å². The first-order valence-corrected chi connectivity index (χ1v) is 15.8. The molecule has 42 heavy (non-hydrogen) atoms. The molecule has 0 radical (unpaired) electrons. The third-order valence-electron chi connectivity index (χ3n) is 7.03. The van der Waals surface area contributed by atoms with Crippen LogP contribution in [0.2, 0.25) is 0 Å². The van der Waals surface area contributed by atoms with Gasteiger partial charge >= 0.3 is 0 Å². The van der Waals surface area contributed by atoms with Gasteiger partial charge in [-0.2, -0.15) is 0 Å². The van der Waals surface area contributed by atoms with Gasteiger partial charge in [-0.25, -0.2) is 0 Å². The molecule has 0 aromatic heterocycles. The van der Waals surface area contributed by atoms with Crippen LogP contribution in [0, 0.1) is 0 Å². The molecule has 0 aliphatic carbocycles. The van der Waals surface area contributed by atoms with Gasteiger partial charge in [0, 0.05) is 27.0 Å². The number of hydrogen-bond donors (Lipinski definition) is 0. The van der Waals surface area contributed by atoms with Gasteiger partial charge in [-0.05, 0) is 77.9 Å². The summed E-state index contributed by atoms with van der Waals surface area (Å²) in [5.41, 5.74) is 4.49. The lowest BCUT2D eigenvalue weighted by atomic mass is 10.1. The Kier molecular flexibility index (Phi) is 8.64. The molecule has 0 saturated carbocycles. The largest absolute Gasteiger partial charge is 0.496 e. The third kappa shape index (κ3) is 6.11. The molecule has 0 bridgehead atoms. The summed E-state index contributed by atoms with van der Waals surface area (Å²) in [7, 11) is 3.20. The molecule has 0 spiro atoms. The Balaban J connectivity index is 1.30. The van der Waals surface area contributed by atoms with Gasteiger partial charge in [0.1, 0.15) is 11.5 Å². The van der Waals surface area contributed by atoms with Crippen molar-refractivity contribution in [3.63, 3.8) is 0 Å². The summed E-state index contributed by atoms with van der Waals surface area (Å²) in [4.78, 5) is 6.08. The normalized spacial score (nSPS) is 11.6. The van der Waals surface area contributed by atoms with E-state index in [1.807, 2.05) is 12.1 Å². The van der Waals surface area contributed by atoms with E-state index in [1.54, 1.807) is 26.0 Å². The molecule has 0 amide bonds. The minimum absolute atomic E-state index is 0.285. The topological polar surface area (TPSA) is 18.5 Å². The van der Waals surface area contributed by atoms with Gasteiger partial charge in [-0.3, -0.25) is 0 Å². The second kappa shape index (κ2) is 13.1. The molecule has 0 fully saturated rings. The van der Waals surface area contributed by atoms with E-state index >= 15 is 0 Å². The highest BCUT2D eigenvalue weighted by Crippen LogP contribution is 2.40. The van der Waals surface area contributed by atoms with Crippen LogP contribution in [0.15, 0.2) is 176 Å². The van der Waals surface area contributed by atoms with Gasteiger partial charge in [-0.15, -0.1) is 0 Å². The first-order valence-electron chi connectivity index (χ1n) is 13.8. The van der Waals surface area contributed by atoms with E-state index < -0.39 is 0 Å². The van der Waals surface area contributed by atoms with E-state index in [4.69, 9.17) is 9.47 Å². The maximum atomic E-state index is 5.89. The quantitative estimate of drug-likeness (QED) is 0.158. The fourth-order valence-corrected chi connectivity index (χ4v) is 7.92. The Hall–Kier alpha value is -4.38. The van der Waals surface area contributed by atoms with Crippen molar-refractivity contribution in [2.24, 2.45) is 0 Å². The third-order valence-corrected chi connectivity index (χ3v) is 10.2. The zero-order valence-electron chi connectivity index (χ0n) is 23.6. The van der Waals surface area contributed by atoms with Crippen LogP contribution in [0.5, 0.6) is 11.5 Å². The molecule has 0 saturated heterocycles. The van der Waals surface area contributed by atoms with E-state index in [-0.39, 0.29) is 10.9 Å². The molecule has 6 aromatic carbocycles. The van der Waals surface area contributed by atoms with Crippen molar-refractivity contribution in [2.45, 2.75) is 24.5 Å². The number of hydrogen-bond acceptors (Lipinski definition) is 3. The standard InChI is InChI=1S/C38H31O2S2/c1-39-37-26-31(20-24-35(37)28-12-6-3-7-13-28)41-30-18-21-33(22-19-30)42(32-16-10-5-11-17-32)34-23-25-36(38(27-34)40-2)29-14-8-4-9-15-29/h3-27H,1-2H3/q+1. The Morgan fingerprint density at radius 2 is 0.881 bits per heavy atom. The molecule has 1 atom stereocenters. The molecule has 0 aliphatic heterocycles. The highest BCUT2D eigenvalue weighted by atomic mass is 32.2. The molecule has 206 valence electrons. The van der Waals surface area contributed by atoms with Crippen molar-refractivity contribution in [3.05, 3.63) is 152 Å². The molecular weight excluding hydrogens is 553 g/mol. The predicted octanol–water partition coefficient (Wildman–Crippen LogP) is 10.3. The summed E-state index contributed by atoms with van der Waals surface area (Å²) in [6.45, 7) is 0. The Bertz CT molecular complexity index is 1750. The van der Waals surface area contributed by atoms with E-state index in [0.29, 0.717) is 0 Å². The van der Waals surface area contributed by atoms with Gasteiger partial charge in [0.05, 0.1) is 25.1 Å². The van der Waals surface area contributed by atoms with Crippen LogP contribution >= 0.6 is 11.8 Å². The molecule has 0 aliphatic rings. The zero-order valence-corrected chi connectivity index (χ0v) is 25.2. The summed E-state index contributed by atoms with van der Waals surface area (Å²) in [6.07, 6.45) is 0. The van der Waals surface area contributed by atoms with E-state index in [1.165, 1.54) is 19.6 Å². The fourth-order valence-electron chi connectivity index (χ4n) is 4.99. The van der Waals surface area contributed by atoms with Crippen molar-refractivity contribution < 1.29 is 9.47 Å². The summed E-state index contributed by atoms with van der Waals surface area (Å²) < 4.78 is 11.7. The second-order valence-electron chi connectivity index (χ2n) is 9.65. The minimum Gasteiger partial charge on any atom is -0.496 e. The summed E-state index contributed by atoms with van der Waals surface area (Å²) in [5.74, 6) is 1.76. The van der Waals surface area contributed by atoms with Crippen LogP contribution in [-0.4, -0.2) is 14.2 Å². The molecule has 1 unspecified atom stereocenters. The summed E-state index contributed by atoms with van der Waals surface area (Å²) in [6, 6.07) is 53.5. The summed E-state index contributed by atoms with van der Waals surface area (Å²) in [5, 5.41) is 0. The molecule has 6 rings (SSSR count). The smallest absolute Gasteiger partial charge is 0.170 e. The minimum atomic E-state index is -0.285. The van der Waals surface area contributed by atoms with Crippen LogP contribution in [-0.2, 0) is 10.9 Å². The monoisotopic (exact) mass is 583 g/mol. The number of rotatable bonds is 9. The fraction of sp³-hybridized carbons (Fsp3) is 0.0526. The maximum Gasteiger partial charge on any atom is 0.170 e. The number of benzene rings is 6. The van der Waals surface area contributed by atoms with Crippen molar-refractivity contribution >= 4 is 22.7 Å². The molecule has 4 heteroatoms. The van der Waals surface area contributed by atoms with Crippen LogP contribution in [0.1, 0.15) is 0 Å². The van der Waals surface area contributed by atoms with Crippen molar-refractivity contribution in [1.29, 1.82) is 0 Å². The predicted molar refractivity (Wildman–Crippen MR) is 176 cm³/mol. The second-order valence-corrected chi connectivity index (χ2v) is 12.8. The highest BCUT2D eigenvalue weighted by molar-refractivity contribution is 7.99. The zero-order chi connectivity index (χ0) is 28.7. The van der Waals surface area contributed by atoms with Crippen LogP contribution in [0.4, 0.5) is 0 Å². The molecule has 0 N–H and O–H groups in total. The molecule has 6 aromatic rings. The van der Waals surface area contributed by atoms with Gasteiger partial charge in [0.2, 0.25) is 0 Å². The van der Waals surface area contributed by atoms with Gasteiger partial charge < -0.3 is 9.47 Å². The Morgan fingerprint density at radius 3 is 1.45 bits per heavy atom. The lowest BCUT2D eigenvalue weighted by molar-refractivity contribution is 0.415. The van der Waals surface area contributed by atoms with Crippen LogP contribution in [0.25, 0.3) is 22.3 Å². The first-order chi connectivity index (χ1) is 20.7. The van der Waals surface area contributed by atoms with Gasteiger partial charge in [-0.1, -0.05) is 90.6 Å². The average molecular weight is 584 g/mol. The Labute approximate surface area is 255 Å². The van der Waals surface area contributed by atoms with E-state index in [2.05, 4.69) is 140 Å². The van der Waals surface area contributed by atoms with Crippen molar-refractivity contribution in [1.82, 2.24) is 0 Å². The molecular formula is C38H31O2S2+. The van der Waals surface area contributed by atoms with Crippen molar-refractivity contribution in [3.8, 4) is 33.8 Å². The SMILES string of the molecule is COc1cc(Sc2ccc([S+](c3ccccc3)c3ccc(-c4ccccc4)c(OC)c3)cc2)ccc1-c1ccccc1. The molecule has 2 nitrogen and oxygen atoms in total. The number of ether oxygens (including phenoxy) is 2. The van der Waals surface area contributed by atoms with Crippen LogP contribution in [0.3, 0.4) is 0 Å². The summed E-state index contributed by atoms with van der Waals surface area (Å²) >= 11 is 1.74.